The van der Waals surface area contributed by atoms with Gasteiger partial charge in [0, 0.05) is 24.5 Å². The normalized spacial score (nSPS) is 24.2. The number of likely N-dealkylation sites (tertiary alicyclic amines) is 1. The summed E-state index contributed by atoms with van der Waals surface area (Å²) in [7, 11) is 0. The van der Waals surface area contributed by atoms with Crippen LogP contribution >= 0.6 is 11.8 Å². The Kier molecular flexibility index (Phi) is 7.60. The highest BCUT2D eigenvalue weighted by atomic mass is 32.2. The largest absolute Gasteiger partial charge is 0.297 e. The Balaban J connectivity index is 1.51. The Labute approximate surface area is 158 Å². The highest BCUT2D eigenvalue weighted by molar-refractivity contribution is 7.99. The number of rotatable bonds is 8. The zero-order valence-corrected chi connectivity index (χ0v) is 17.0. The first-order valence-corrected chi connectivity index (χ1v) is 11.4. The Morgan fingerprint density at radius 2 is 1.92 bits per heavy atom. The van der Waals surface area contributed by atoms with E-state index in [4.69, 9.17) is 4.98 Å². The van der Waals surface area contributed by atoms with Gasteiger partial charge in [-0.2, -0.15) is 0 Å². The lowest BCUT2D eigenvalue weighted by Gasteiger charge is -2.41. The number of fused-ring (bicyclic) bond motifs is 1. The van der Waals surface area contributed by atoms with Crippen LogP contribution < -0.4 is 0 Å². The molecule has 2 atom stereocenters. The van der Waals surface area contributed by atoms with Crippen molar-refractivity contribution in [2.24, 2.45) is 11.8 Å². The van der Waals surface area contributed by atoms with Gasteiger partial charge in [-0.25, -0.2) is 9.97 Å². The van der Waals surface area contributed by atoms with Gasteiger partial charge in [-0.3, -0.25) is 4.90 Å². The smallest absolute Gasteiger partial charge is 0.188 e. The van der Waals surface area contributed by atoms with E-state index >= 15 is 0 Å². The molecule has 1 aliphatic heterocycles. The second-order valence-electron chi connectivity index (χ2n) is 8.02. The van der Waals surface area contributed by atoms with Gasteiger partial charge in [0.1, 0.15) is 0 Å². The summed E-state index contributed by atoms with van der Waals surface area (Å²) in [5, 5.41) is 0.985. The molecule has 140 valence electrons. The van der Waals surface area contributed by atoms with Crippen LogP contribution in [0.5, 0.6) is 0 Å². The molecule has 0 aromatic carbocycles. The summed E-state index contributed by atoms with van der Waals surface area (Å²) in [4.78, 5) is 12.1. The van der Waals surface area contributed by atoms with E-state index in [0.717, 1.165) is 35.0 Å². The summed E-state index contributed by atoms with van der Waals surface area (Å²) < 4.78 is 0. The molecule has 0 radical (unpaired) electrons. The van der Waals surface area contributed by atoms with E-state index in [2.05, 4.69) is 29.8 Å². The average Bonchev–Trinajstić information content (AvgIpc) is 2.61. The molecule has 1 saturated heterocycles. The molecule has 1 aromatic heterocycles. The molecular weight excluding hydrogens is 326 g/mol. The first-order chi connectivity index (χ1) is 12.2. The molecule has 2 heterocycles. The van der Waals surface area contributed by atoms with E-state index in [1.54, 1.807) is 0 Å². The summed E-state index contributed by atoms with van der Waals surface area (Å²) in [5.74, 6) is 3.10. The quantitative estimate of drug-likeness (QED) is 0.349. The molecule has 2 fully saturated rings. The van der Waals surface area contributed by atoms with Crippen molar-refractivity contribution in [1.29, 1.82) is 0 Å². The van der Waals surface area contributed by atoms with Gasteiger partial charge in [-0.1, -0.05) is 57.2 Å². The van der Waals surface area contributed by atoms with Gasteiger partial charge < -0.3 is 0 Å². The van der Waals surface area contributed by atoms with E-state index in [-0.39, 0.29) is 0 Å². The molecule has 0 N–H and O–H groups in total. The van der Waals surface area contributed by atoms with E-state index in [0.29, 0.717) is 0 Å². The van der Waals surface area contributed by atoms with Crippen LogP contribution in [0.3, 0.4) is 0 Å². The lowest BCUT2D eigenvalue weighted by atomic mass is 9.75. The number of nitrogens with zero attached hydrogens (tertiary/aromatic N) is 3. The lowest BCUT2D eigenvalue weighted by molar-refractivity contribution is 0.0810. The van der Waals surface area contributed by atoms with Crippen molar-refractivity contribution in [2.45, 2.75) is 83.3 Å². The fourth-order valence-corrected chi connectivity index (χ4v) is 5.41. The standard InChI is InChI=1S/C21H35N3S/c1-3-4-5-8-13-25-21-22-17(2)14-20(23-21)16-24-12-11-18-9-6-7-10-19(18)15-24/h14,18-19H,3-13,15-16H2,1-2H3. The monoisotopic (exact) mass is 361 g/mol. The highest BCUT2D eigenvalue weighted by Gasteiger charge is 2.31. The van der Waals surface area contributed by atoms with Gasteiger partial charge in [-0.15, -0.1) is 0 Å². The van der Waals surface area contributed by atoms with Crippen molar-refractivity contribution >= 4 is 11.8 Å². The van der Waals surface area contributed by atoms with Crippen molar-refractivity contribution < 1.29 is 0 Å². The molecule has 1 aromatic rings. The average molecular weight is 362 g/mol. The molecule has 0 amide bonds. The molecule has 2 aliphatic rings. The SMILES string of the molecule is CCCCCCSc1nc(C)cc(CN2CCC3CCCCC3C2)n1. The number of aromatic nitrogens is 2. The predicted octanol–water partition coefficient (Wildman–Crippen LogP) is 5.47. The minimum absolute atomic E-state index is 0.942. The van der Waals surface area contributed by atoms with Gasteiger partial charge in [0.25, 0.3) is 0 Å². The summed E-state index contributed by atoms with van der Waals surface area (Å²) in [6.45, 7) is 7.92. The summed E-state index contributed by atoms with van der Waals surface area (Å²) in [6.07, 6.45) is 12.5. The van der Waals surface area contributed by atoms with Crippen molar-refractivity contribution in [3.8, 4) is 0 Å². The van der Waals surface area contributed by atoms with Crippen LogP contribution in [0.15, 0.2) is 11.2 Å². The van der Waals surface area contributed by atoms with E-state index in [9.17, 15) is 0 Å². The number of unbranched alkanes of at least 4 members (excludes halogenated alkanes) is 3. The van der Waals surface area contributed by atoms with Crippen molar-refractivity contribution in [1.82, 2.24) is 14.9 Å². The van der Waals surface area contributed by atoms with Gasteiger partial charge in [0.15, 0.2) is 5.16 Å². The van der Waals surface area contributed by atoms with Gasteiger partial charge in [0.2, 0.25) is 0 Å². The second-order valence-corrected chi connectivity index (χ2v) is 9.08. The number of hydrogen-bond donors (Lipinski definition) is 0. The zero-order chi connectivity index (χ0) is 17.5. The molecule has 4 heteroatoms. The minimum Gasteiger partial charge on any atom is -0.297 e. The number of hydrogen-bond acceptors (Lipinski definition) is 4. The number of aryl methyl sites for hydroxylation is 1. The summed E-state index contributed by atoms with van der Waals surface area (Å²) in [5.41, 5.74) is 2.34. The van der Waals surface area contributed by atoms with Crippen molar-refractivity contribution in [2.75, 3.05) is 18.8 Å². The molecule has 0 spiro atoms. The van der Waals surface area contributed by atoms with Crippen LogP contribution in [0, 0.1) is 18.8 Å². The maximum absolute atomic E-state index is 4.86. The maximum atomic E-state index is 4.86. The van der Waals surface area contributed by atoms with Crippen LogP contribution in [-0.2, 0) is 6.54 Å². The van der Waals surface area contributed by atoms with Crippen LogP contribution in [0.1, 0.15) is 76.1 Å². The molecule has 0 bridgehead atoms. The Morgan fingerprint density at radius 3 is 2.76 bits per heavy atom. The number of piperidine rings is 1. The van der Waals surface area contributed by atoms with Gasteiger partial charge in [-0.05, 0) is 50.6 Å². The fraction of sp³-hybridized carbons (Fsp3) is 0.810. The Hall–Kier alpha value is -0.610. The van der Waals surface area contributed by atoms with Crippen LogP contribution in [0.4, 0.5) is 0 Å². The van der Waals surface area contributed by atoms with E-state index < -0.39 is 0 Å². The van der Waals surface area contributed by atoms with Crippen LogP contribution in [0.2, 0.25) is 0 Å². The van der Waals surface area contributed by atoms with E-state index in [1.807, 2.05) is 11.8 Å². The molecule has 3 nitrogen and oxygen atoms in total. The fourth-order valence-electron chi connectivity index (χ4n) is 4.49. The molecular formula is C21H35N3S. The van der Waals surface area contributed by atoms with E-state index in [1.165, 1.54) is 76.6 Å². The zero-order valence-electron chi connectivity index (χ0n) is 16.2. The highest BCUT2D eigenvalue weighted by Crippen LogP contribution is 2.36. The van der Waals surface area contributed by atoms with Gasteiger partial charge in [0.05, 0.1) is 5.69 Å². The van der Waals surface area contributed by atoms with Crippen molar-refractivity contribution in [3.63, 3.8) is 0 Å². The third kappa shape index (κ3) is 5.96. The lowest BCUT2D eigenvalue weighted by Crippen LogP contribution is -2.41. The van der Waals surface area contributed by atoms with Crippen LogP contribution in [-0.4, -0.2) is 33.7 Å². The minimum atomic E-state index is 0.942. The van der Waals surface area contributed by atoms with Crippen molar-refractivity contribution in [3.05, 3.63) is 17.5 Å². The van der Waals surface area contributed by atoms with Crippen LogP contribution in [0.25, 0.3) is 0 Å². The first-order valence-electron chi connectivity index (χ1n) is 10.4. The summed E-state index contributed by atoms with van der Waals surface area (Å²) in [6, 6.07) is 2.19. The topological polar surface area (TPSA) is 29.0 Å². The predicted molar refractivity (Wildman–Crippen MR) is 107 cm³/mol. The Morgan fingerprint density at radius 1 is 1.08 bits per heavy atom. The molecule has 25 heavy (non-hydrogen) atoms. The molecule has 1 saturated carbocycles. The maximum Gasteiger partial charge on any atom is 0.188 e. The second kappa shape index (κ2) is 9.91. The third-order valence-electron chi connectivity index (χ3n) is 5.88. The Bertz CT molecular complexity index is 534. The molecule has 2 unspecified atom stereocenters. The first kappa shape index (κ1) is 19.2. The molecule has 1 aliphatic carbocycles. The van der Waals surface area contributed by atoms with Gasteiger partial charge >= 0.3 is 0 Å². The summed E-state index contributed by atoms with van der Waals surface area (Å²) >= 11 is 1.84. The number of thioether (sulfide) groups is 1. The molecule has 3 rings (SSSR count). The third-order valence-corrected chi connectivity index (χ3v) is 6.81.